The lowest BCUT2D eigenvalue weighted by Crippen LogP contribution is -1.91. The quantitative estimate of drug-likeness (QED) is 0.689. The van der Waals surface area contributed by atoms with Gasteiger partial charge in [-0.15, -0.1) is 11.3 Å². The van der Waals surface area contributed by atoms with E-state index in [0.717, 1.165) is 26.6 Å². The van der Waals surface area contributed by atoms with Crippen molar-refractivity contribution < 1.29 is 4.74 Å². The van der Waals surface area contributed by atoms with Gasteiger partial charge in [-0.1, -0.05) is 0 Å². The zero-order chi connectivity index (χ0) is 13.0. The molecule has 0 aliphatic rings. The molecule has 0 unspecified atom stereocenters. The van der Waals surface area contributed by atoms with Crippen LogP contribution < -0.4 is 10.2 Å². The number of hydrogen-bond donors (Lipinski definition) is 1. The predicted molar refractivity (Wildman–Crippen MR) is 78.8 cm³/mol. The molecule has 0 aliphatic carbocycles. The molecule has 1 aromatic heterocycles. The van der Waals surface area contributed by atoms with E-state index >= 15 is 0 Å². The molecular weight excluding hydrogens is 314 g/mol. The Bertz CT molecular complexity index is 568. The van der Waals surface area contributed by atoms with Crippen LogP contribution in [0.25, 0.3) is 0 Å². The summed E-state index contributed by atoms with van der Waals surface area (Å²) in [6, 6.07) is 5.76. The summed E-state index contributed by atoms with van der Waals surface area (Å²) in [5, 5.41) is 6.90. The zero-order valence-corrected chi connectivity index (χ0v) is 12.4. The molecule has 0 spiro atoms. The Labute approximate surface area is 118 Å². The summed E-state index contributed by atoms with van der Waals surface area (Å²) in [5.74, 6) is 0.802. The van der Waals surface area contributed by atoms with Crippen molar-refractivity contribution in [1.82, 2.24) is 4.98 Å². The van der Waals surface area contributed by atoms with Gasteiger partial charge in [0.2, 0.25) is 5.13 Å². The van der Waals surface area contributed by atoms with Crippen LogP contribution in [0.2, 0.25) is 0 Å². The third-order valence-corrected chi connectivity index (χ3v) is 3.65. The molecule has 1 N–H and O–H groups in total. The van der Waals surface area contributed by atoms with E-state index in [2.05, 4.69) is 31.4 Å². The molecule has 0 bridgehead atoms. The van der Waals surface area contributed by atoms with E-state index in [-0.39, 0.29) is 0 Å². The van der Waals surface area contributed by atoms with Crippen LogP contribution in [0, 0.1) is 6.92 Å². The number of ether oxygens (including phenoxy) is 1. The third-order valence-electron chi connectivity index (χ3n) is 2.17. The maximum atomic E-state index is 5.16. The maximum Gasteiger partial charge on any atom is 0.203 e. The van der Waals surface area contributed by atoms with E-state index in [1.54, 1.807) is 13.3 Å². The molecule has 0 atom stereocenters. The van der Waals surface area contributed by atoms with Gasteiger partial charge in [0.1, 0.15) is 5.75 Å². The number of halogens is 1. The molecule has 4 nitrogen and oxygen atoms in total. The van der Waals surface area contributed by atoms with Crippen LogP contribution >= 0.6 is 27.3 Å². The van der Waals surface area contributed by atoms with Crippen molar-refractivity contribution in [1.29, 1.82) is 0 Å². The Balaban J connectivity index is 2.03. The molecule has 2 rings (SSSR count). The lowest BCUT2D eigenvalue weighted by Gasteiger charge is -2.02. The first-order valence-corrected chi connectivity index (χ1v) is 6.91. The molecule has 0 amide bonds. The molecule has 1 heterocycles. The van der Waals surface area contributed by atoms with E-state index in [1.807, 2.05) is 30.5 Å². The monoisotopic (exact) mass is 325 g/mol. The summed E-state index contributed by atoms with van der Waals surface area (Å²) >= 11 is 4.96. The number of hydrogen-bond acceptors (Lipinski definition) is 5. The average molecular weight is 326 g/mol. The number of nitrogens with one attached hydrogen (secondary N) is 1. The van der Waals surface area contributed by atoms with Crippen LogP contribution in [-0.2, 0) is 0 Å². The van der Waals surface area contributed by atoms with Crippen molar-refractivity contribution >= 4 is 38.6 Å². The Morgan fingerprint density at radius 1 is 1.50 bits per heavy atom. The number of rotatable bonds is 4. The van der Waals surface area contributed by atoms with E-state index in [4.69, 9.17) is 4.74 Å². The predicted octanol–water partition coefficient (Wildman–Crippen LogP) is 3.67. The normalized spacial score (nSPS) is 10.8. The van der Waals surface area contributed by atoms with Crippen molar-refractivity contribution in [2.24, 2.45) is 5.10 Å². The summed E-state index contributed by atoms with van der Waals surface area (Å²) < 4.78 is 6.06. The van der Waals surface area contributed by atoms with Gasteiger partial charge in [0.15, 0.2) is 0 Å². The van der Waals surface area contributed by atoms with Crippen LogP contribution in [0.1, 0.15) is 11.3 Å². The van der Waals surface area contributed by atoms with E-state index in [1.165, 1.54) is 11.3 Å². The minimum atomic E-state index is 0.788. The number of benzene rings is 1. The van der Waals surface area contributed by atoms with Gasteiger partial charge in [0, 0.05) is 5.38 Å². The fourth-order valence-corrected chi connectivity index (χ4v) is 2.53. The zero-order valence-electron chi connectivity index (χ0n) is 9.98. The van der Waals surface area contributed by atoms with Crippen molar-refractivity contribution in [3.8, 4) is 5.75 Å². The first-order chi connectivity index (χ1) is 8.69. The summed E-state index contributed by atoms with van der Waals surface area (Å²) in [6.45, 7) is 1.95. The molecule has 6 heteroatoms. The summed E-state index contributed by atoms with van der Waals surface area (Å²) in [6.07, 6.45) is 1.74. The first kappa shape index (κ1) is 13.0. The number of aryl methyl sites for hydroxylation is 1. The van der Waals surface area contributed by atoms with E-state index < -0.39 is 0 Å². The highest BCUT2D eigenvalue weighted by Crippen LogP contribution is 2.24. The lowest BCUT2D eigenvalue weighted by molar-refractivity contribution is 0.412. The van der Waals surface area contributed by atoms with Crippen LogP contribution in [0.4, 0.5) is 5.13 Å². The van der Waals surface area contributed by atoms with Gasteiger partial charge in [0.25, 0.3) is 0 Å². The smallest absolute Gasteiger partial charge is 0.203 e. The Morgan fingerprint density at radius 3 is 2.94 bits per heavy atom. The summed E-state index contributed by atoms with van der Waals surface area (Å²) in [7, 11) is 1.64. The van der Waals surface area contributed by atoms with E-state index in [0.29, 0.717) is 0 Å². The maximum absolute atomic E-state index is 5.16. The molecule has 2 aromatic rings. The molecule has 0 radical (unpaired) electrons. The minimum Gasteiger partial charge on any atom is -0.496 e. The van der Waals surface area contributed by atoms with Crippen molar-refractivity contribution in [3.63, 3.8) is 0 Å². The number of aromatic nitrogens is 1. The van der Waals surface area contributed by atoms with Gasteiger partial charge >= 0.3 is 0 Å². The Hall–Kier alpha value is -1.40. The molecule has 0 saturated carbocycles. The van der Waals surface area contributed by atoms with Crippen LogP contribution in [-0.4, -0.2) is 18.3 Å². The van der Waals surface area contributed by atoms with Gasteiger partial charge in [-0.2, -0.15) is 5.10 Å². The lowest BCUT2D eigenvalue weighted by atomic mass is 10.2. The molecule has 0 saturated heterocycles. The van der Waals surface area contributed by atoms with Crippen molar-refractivity contribution in [2.75, 3.05) is 12.5 Å². The first-order valence-electron chi connectivity index (χ1n) is 5.24. The standard InChI is InChI=1S/C12H12BrN3OS/c1-8-7-18-12(15-8)16-14-6-9-3-4-11(17-2)10(13)5-9/h3-7H,1-2H3,(H,15,16). The Kier molecular flexibility index (Phi) is 4.33. The molecular formula is C12H12BrN3OS. The summed E-state index contributed by atoms with van der Waals surface area (Å²) in [4.78, 5) is 4.25. The highest BCUT2D eigenvalue weighted by atomic mass is 79.9. The molecule has 18 heavy (non-hydrogen) atoms. The van der Waals surface area contributed by atoms with Gasteiger partial charge < -0.3 is 4.74 Å². The Morgan fingerprint density at radius 2 is 2.33 bits per heavy atom. The second kappa shape index (κ2) is 5.97. The fraction of sp³-hybridized carbons (Fsp3) is 0.167. The molecule has 1 aromatic carbocycles. The average Bonchev–Trinajstić information content (AvgIpc) is 2.75. The van der Waals surface area contributed by atoms with E-state index in [9.17, 15) is 0 Å². The molecule has 94 valence electrons. The highest BCUT2D eigenvalue weighted by molar-refractivity contribution is 9.10. The van der Waals surface area contributed by atoms with Gasteiger partial charge in [0.05, 0.1) is 23.5 Å². The van der Waals surface area contributed by atoms with Crippen LogP contribution in [0.5, 0.6) is 5.75 Å². The third kappa shape index (κ3) is 3.30. The highest BCUT2D eigenvalue weighted by Gasteiger charge is 1.99. The minimum absolute atomic E-state index is 0.788. The van der Waals surface area contributed by atoms with Crippen LogP contribution in [0.3, 0.4) is 0 Å². The number of thiazole rings is 1. The van der Waals surface area contributed by atoms with Gasteiger partial charge in [-0.25, -0.2) is 4.98 Å². The number of nitrogens with zero attached hydrogens (tertiary/aromatic N) is 2. The molecule has 0 fully saturated rings. The second-order valence-electron chi connectivity index (χ2n) is 3.56. The van der Waals surface area contributed by atoms with Crippen LogP contribution in [0.15, 0.2) is 33.2 Å². The number of methoxy groups -OCH3 is 1. The molecule has 0 aliphatic heterocycles. The fourth-order valence-electron chi connectivity index (χ4n) is 1.33. The van der Waals surface area contributed by atoms with Gasteiger partial charge in [-0.3, -0.25) is 5.43 Å². The largest absolute Gasteiger partial charge is 0.496 e. The van der Waals surface area contributed by atoms with Crippen molar-refractivity contribution in [2.45, 2.75) is 6.92 Å². The van der Waals surface area contributed by atoms with Gasteiger partial charge in [-0.05, 0) is 46.6 Å². The summed E-state index contributed by atoms with van der Waals surface area (Å²) in [5.41, 5.74) is 4.86. The number of anilines is 1. The second-order valence-corrected chi connectivity index (χ2v) is 5.27. The van der Waals surface area contributed by atoms with Crippen molar-refractivity contribution in [3.05, 3.63) is 39.3 Å². The SMILES string of the molecule is COc1ccc(C=NNc2nc(C)cs2)cc1Br. The number of hydrazone groups is 1. The topological polar surface area (TPSA) is 46.5 Å².